The van der Waals surface area contributed by atoms with Gasteiger partial charge in [-0.1, -0.05) is 0 Å². The third kappa shape index (κ3) is 1.57. The molecule has 1 unspecified atom stereocenters. The van der Waals surface area contributed by atoms with Crippen LogP contribution in [0.1, 0.15) is 19.8 Å². The molecule has 0 aromatic carbocycles. The molecule has 4 heteroatoms. The van der Waals surface area contributed by atoms with E-state index in [9.17, 15) is 9.59 Å². The normalized spacial score (nSPS) is 31.9. The smallest absolute Gasteiger partial charge is 0.336 e. The Morgan fingerprint density at radius 3 is 2.73 bits per heavy atom. The number of carboxylic acid groups (broad SMARTS) is 1. The molecule has 0 saturated carbocycles. The first-order valence-electron chi connectivity index (χ1n) is 3.44. The maximum absolute atomic E-state index is 10.8. The first kappa shape index (κ1) is 8.20. The van der Waals surface area contributed by atoms with E-state index in [1.54, 1.807) is 0 Å². The highest BCUT2D eigenvalue weighted by molar-refractivity contribution is 5.88. The molecule has 1 heterocycles. The van der Waals surface area contributed by atoms with Crippen LogP contribution < -0.4 is 0 Å². The summed E-state index contributed by atoms with van der Waals surface area (Å²) in [4.78, 5) is 21.4. The summed E-state index contributed by atoms with van der Waals surface area (Å²) in [6.07, 6.45) is 0.325. The molecule has 0 aliphatic carbocycles. The molecule has 11 heavy (non-hydrogen) atoms. The van der Waals surface area contributed by atoms with Crippen LogP contribution in [0.5, 0.6) is 0 Å². The van der Waals surface area contributed by atoms with Crippen molar-refractivity contribution in [2.24, 2.45) is 0 Å². The average Bonchev–Trinajstić information content (AvgIpc) is 1.86. The van der Waals surface area contributed by atoms with Crippen molar-refractivity contribution in [3.63, 3.8) is 0 Å². The van der Waals surface area contributed by atoms with Gasteiger partial charge in [0, 0.05) is 12.8 Å². The monoisotopic (exact) mass is 158 g/mol. The molecule has 1 aliphatic heterocycles. The number of Topliss-reactive ketones (excluding diaryl/α,β-unsaturated/α-hetero) is 1. The van der Waals surface area contributed by atoms with Crippen LogP contribution in [0.4, 0.5) is 0 Å². The van der Waals surface area contributed by atoms with Gasteiger partial charge < -0.3 is 9.84 Å². The fourth-order valence-corrected chi connectivity index (χ4v) is 1.04. The molecule has 4 nitrogen and oxygen atoms in total. The Bertz CT molecular complexity index is 199. The molecule has 0 bridgehead atoms. The van der Waals surface area contributed by atoms with Gasteiger partial charge in [0.25, 0.3) is 0 Å². The van der Waals surface area contributed by atoms with Gasteiger partial charge in [-0.3, -0.25) is 4.79 Å². The third-order valence-corrected chi connectivity index (χ3v) is 1.79. The van der Waals surface area contributed by atoms with Gasteiger partial charge in [-0.25, -0.2) is 4.79 Å². The molecule has 0 amide bonds. The van der Waals surface area contributed by atoms with Crippen molar-refractivity contribution in [2.45, 2.75) is 25.4 Å². The van der Waals surface area contributed by atoms with Crippen molar-refractivity contribution in [1.29, 1.82) is 0 Å². The Hall–Kier alpha value is -0.900. The number of carboxylic acids is 1. The second-order valence-corrected chi connectivity index (χ2v) is 2.85. The zero-order valence-electron chi connectivity index (χ0n) is 6.29. The van der Waals surface area contributed by atoms with E-state index < -0.39 is 11.6 Å². The van der Waals surface area contributed by atoms with Gasteiger partial charge in [0.05, 0.1) is 6.61 Å². The lowest BCUT2D eigenvalue weighted by Gasteiger charge is -2.28. The molecule has 1 fully saturated rings. The van der Waals surface area contributed by atoms with E-state index in [1.807, 2.05) is 0 Å². The molecule has 62 valence electrons. The molecule has 1 aliphatic rings. The second-order valence-electron chi connectivity index (χ2n) is 2.85. The maximum Gasteiger partial charge on any atom is 0.336 e. The molecule has 1 atom stereocenters. The van der Waals surface area contributed by atoms with E-state index in [2.05, 4.69) is 0 Å². The van der Waals surface area contributed by atoms with Gasteiger partial charge in [-0.2, -0.15) is 0 Å². The summed E-state index contributed by atoms with van der Waals surface area (Å²) in [5.74, 6) is -1.10. The van der Waals surface area contributed by atoms with Gasteiger partial charge in [-0.15, -0.1) is 0 Å². The quantitative estimate of drug-likeness (QED) is 0.592. The summed E-state index contributed by atoms with van der Waals surface area (Å²) in [6.45, 7) is 1.65. The fourth-order valence-electron chi connectivity index (χ4n) is 1.04. The Kier molecular flexibility index (Phi) is 1.95. The summed E-state index contributed by atoms with van der Waals surface area (Å²) in [7, 11) is 0. The van der Waals surface area contributed by atoms with E-state index in [-0.39, 0.29) is 18.8 Å². The Morgan fingerprint density at radius 1 is 1.73 bits per heavy atom. The SMILES string of the molecule is CC1(C(=O)O)CC(=O)CCO1. The molecule has 0 spiro atoms. The molecule has 0 aromatic heterocycles. The molecular weight excluding hydrogens is 148 g/mol. The van der Waals surface area contributed by atoms with E-state index in [4.69, 9.17) is 9.84 Å². The Labute approximate surface area is 64.2 Å². The Balaban J connectivity index is 2.70. The third-order valence-electron chi connectivity index (χ3n) is 1.79. The first-order valence-corrected chi connectivity index (χ1v) is 3.44. The maximum atomic E-state index is 10.8. The van der Waals surface area contributed by atoms with Crippen LogP contribution in [-0.2, 0) is 14.3 Å². The van der Waals surface area contributed by atoms with Crippen molar-refractivity contribution >= 4 is 11.8 Å². The number of aliphatic carboxylic acids is 1. The molecule has 0 aromatic rings. The summed E-state index contributed by atoms with van der Waals surface area (Å²) in [5, 5.41) is 8.64. The van der Waals surface area contributed by atoms with Crippen LogP contribution in [0.15, 0.2) is 0 Å². The Morgan fingerprint density at radius 2 is 2.36 bits per heavy atom. The van der Waals surface area contributed by atoms with Crippen LogP contribution >= 0.6 is 0 Å². The van der Waals surface area contributed by atoms with E-state index in [0.717, 1.165) is 0 Å². The number of ketones is 1. The molecular formula is C7H10O4. The minimum absolute atomic E-state index is 0.0116. The summed E-state index contributed by atoms with van der Waals surface area (Å²) in [5.41, 5.74) is -1.28. The number of hydrogen-bond acceptors (Lipinski definition) is 3. The molecule has 1 rings (SSSR count). The highest BCUT2D eigenvalue weighted by atomic mass is 16.5. The van der Waals surface area contributed by atoms with Crippen molar-refractivity contribution < 1.29 is 19.4 Å². The van der Waals surface area contributed by atoms with Gasteiger partial charge in [0.15, 0.2) is 5.60 Å². The van der Waals surface area contributed by atoms with Crippen LogP contribution in [0.25, 0.3) is 0 Å². The largest absolute Gasteiger partial charge is 0.479 e. The predicted molar refractivity (Wildman–Crippen MR) is 36.2 cm³/mol. The lowest BCUT2D eigenvalue weighted by Crippen LogP contribution is -2.44. The number of rotatable bonds is 1. The lowest BCUT2D eigenvalue weighted by molar-refractivity contribution is -0.172. The summed E-state index contributed by atoms with van der Waals surface area (Å²) >= 11 is 0. The predicted octanol–water partition coefficient (Wildman–Crippen LogP) is 0.209. The van der Waals surface area contributed by atoms with Crippen molar-refractivity contribution in [2.75, 3.05) is 6.61 Å². The van der Waals surface area contributed by atoms with Crippen molar-refractivity contribution in [3.05, 3.63) is 0 Å². The van der Waals surface area contributed by atoms with Crippen LogP contribution in [0.3, 0.4) is 0 Å². The average molecular weight is 158 g/mol. The highest BCUT2D eigenvalue weighted by Crippen LogP contribution is 2.21. The van der Waals surface area contributed by atoms with E-state index >= 15 is 0 Å². The molecule has 1 N–H and O–H groups in total. The number of ether oxygens (including phenoxy) is 1. The lowest BCUT2D eigenvalue weighted by atomic mass is 9.95. The standard InChI is InChI=1S/C7H10O4/c1-7(6(9)10)4-5(8)2-3-11-7/h2-4H2,1H3,(H,9,10). The highest BCUT2D eigenvalue weighted by Gasteiger charge is 2.39. The zero-order chi connectivity index (χ0) is 8.48. The van der Waals surface area contributed by atoms with Crippen molar-refractivity contribution in [3.8, 4) is 0 Å². The van der Waals surface area contributed by atoms with Gasteiger partial charge >= 0.3 is 5.97 Å². The number of carbonyl (C=O) groups is 2. The van der Waals surface area contributed by atoms with Gasteiger partial charge in [0.2, 0.25) is 0 Å². The van der Waals surface area contributed by atoms with E-state index in [1.165, 1.54) is 6.92 Å². The number of carbonyl (C=O) groups excluding carboxylic acids is 1. The van der Waals surface area contributed by atoms with E-state index in [0.29, 0.717) is 6.42 Å². The second kappa shape index (κ2) is 2.62. The summed E-state index contributed by atoms with van der Waals surface area (Å²) in [6, 6.07) is 0. The van der Waals surface area contributed by atoms with Crippen LogP contribution in [0, 0.1) is 0 Å². The molecule has 0 radical (unpaired) electrons. The minimum Gasteiger partial charge on any atom is -0.479 e. The minimum atomic E-state index is -1.28. The fraction of sp³-hybridized carbons (Fsp3) is 0.714. The number of hydrogen-bond donors (Lipinski definition) is 1. The topological polar surface area (TPSA) is 63.6 Å². The molecule has 1 saturated heterocycles. The van der Waals surface area contributed by atoms with Gasteiger partial charge in [-0.05, 0) is 6.92 Å². The van der Waals surface area contributed by atoms with Crippen LogP contribution in [-0.4, -0.2) is 29.1 Å². The first-order chi connectivity index (χ1) is 5.04. The van der Waals surface area contributed by atoms with Crippen LogP contribution in [0.2, 0.25) is 0 Å². The van der Waals surface area contributed by atoms with Crippen molar-refractivity contribution in [1.82, 2.24) is 0 Å². The van der Waals surface area contributed by atoms with Gasteiger partial charge in [0.1, 0.15) is 5.78 Å². The zero-order valence-corrected chi connectivity index (χ0v) is 6.29. The summed E-state index contributed by atoms with van der Waals surface area (Å²) < 4.78 is 4.98.